The molecule has 0 radical (unpaired) electrons. The quantitative estimate of drug-likeness (QED) is 0.490. The molecule has 0 saturated heterocycles. The highest BCUT2D eigenvalue weighted by Crippen LogP contribution is 2.25. The van der Waals surface area contributed by atoms with Crippen molar-refractivity contribution in [2.24, 2.45) is 0 Å². The van der Waals surface area contributed by atoms with Gasteiger partial charge in [0.2, 0.25) is 0 Å². The van der Waals surface area contributed by atoms with Crippen LogP contribution in [0.15, 0.2) is 77.3 Å². The van der Waals surface area contributed by atoms with Crippen LogP contribution in [0.3, 0.4) is 0 Å². The van der Waals surface area contributed by atoms with Gasteiger partial charge in [-0.1, -0.05) is 76.7 Å². The van der Waals surface area contributed by atoms with E-state index in [4.69, 9.17) is 21.7 Å². The maximum absolute atomic E-state index is 6.02. The molecule has 138 valence electrons. The molecule has 0 unspecified atom stereocenters. The summed E-state index contributed by atoms with van der Waals surface area (Å²) in [5.41, 5.74) is 3.01. The van der Waals surface area contributed by atoms with Gasteiger partial charge in [0.1, 0.15) is 23.1 Å². The van der Waals surface area contributed by atoms with E-state index in [-0.39, 0.29) is 0 Å². The van der Waals surface area contributed by atoms with Crippen molar-refractivity contribution >= 4 is 33.1 Å². The second-order valence-electron chi connectivity index (χ2n) is 5.91. The Bertz CT molecular complexity index is 915. The first-order valence-electron chi connectivity index (χ1n) is 8.54. The van der Waals surface area contributed by atoms with Crippen molar-refractivity contribution in [1.82, 2.24) is 5.32 Å². The molecule has 0 amide bonds. The molecule has 0 aliphatic heterocycles. The minimum absolute atomic E-state index is 0.491. The molecule has 0 fully saturated rings. The van der Waals surface area contributed by atoms with Gasteiger partial charge in [-0.2, -0.15) is 0 Å². The summed E-state index contributed by atoms with van der Waals surface area (Å²) in [5.74, 6) is 1.59. The molecular weight excluding hydrogens is 422 g/mol. The largest absolute Gasteiger partial charge is 0.496 e. The summed E-state index contributed by atoms with van der Waals surface area (Å²) in [5, 5.41) is 3.31. The summed E-state index contributed by atoms with van der Waals surface area (Å²) in [7, 11) is 1.67. The third-order valence-corrected chi connectivity index (χ3v) is 4.91. The fourth-order valence-electron chi connectivity index (χ4n) is 2.66. The molecule has 0 bridgehead atoms. The van der Waals surface area contributed by atoms with E-state index in [1.807, 2.05) is 72.8 Å². The maximum Gasteiger partial charge on any atom is 0.130 e. The first kappa shape index (κ1) is 19.4. The van der Waals surface area contributed by atoms with Gasteiger partial charge in [0.25, 0.3) is 0 Å². The maximum atomic E-state index is 6.02. The Morgan fingerprint density at radius 3 is 2.48 bits per heavy atom. The van der Waals surface area contributed by atoms with Gasteiger partial charge < -0.3 is 14.8 Å². The Hall–Kier alpha value is -2.37. The van der Waals surface area contributed by atoms with Gasteiger partial charge in [-0.05, 0) is 29.8 Å². The van der Waals surface area contributed by atoms with Gasteiger partial charge in [0, 0.05) is 16.6 Å². The Kier molecular flexibility index (Phi) is 6.85. The van der Waals surface area contributed by atoms with Crippen molar-refractivity contribution in [3.8, 4) is 11.5 Å². The number of benzene rings is 3. The van der Waals surface area contributed by atoms with Crippen molar-refractivity contribution < 1.29 is 9.47 Å². The van der Waals surface area contributed by atoms with E-state index in [1.165, 1.54) is 0 Å². The smallest absolute Gasteiger partial charge is 0.130 e. The van der Waals surface area contributed by atoms with E-state index >= 15 is 0 Å². The van der Waals surface area contributed by atoms with E-state index in [2.05, 4.69) is 21.2 Å². The van der Waals surface area contributed by atoms with E-state index < -0.39 is 0 Å². The number of hydrogen-bond donors (Lipinski definition) is 1. The highest BCUT2D eigenvalue weighted by molar-refractivity contribution is 9.10. The second-order valence-corrected chi connectivity index (χ2v) is 7.23. The molecule has 1 N–H and O–H groups in total. The van der Waals surface area contributed by atoms with Gasteiger partial charge in [0.15, 0.2) is 0 Å². The lowest BCUT2D eigenvalue weighted by Gasteiger charge is -2.15. The van der Waals surface area contributed by atoms with E-state index in [1.54, 1.807) is 7.11 Å². The van der Waals surface area contributed by atoms with E-state index in [0.29, 0.717) is 18.1 Å². The first-order valence-corrected chi connectivity index (χ1v) is 9.74. The Morgan fingerprint density at radius 1 is 0.963 bits per heavy atom. The number of para-hydroxylation sites is 1. The van der Waals surface area contributed by atoms with Gasteiger partial charge in [-0.25, -0.2) is 0 Å². The Labute approximate surface area is 173 Å². The van der Waals surface area contributed by atoms with Gasteiger partial charge >= 0.3 is 0 Å². The number of thiocarbonyl (C=S) groups is 1. The normalized spacial score (nSPS) is 10.3. The minimum Gasteiger partial charge on any atom is -0.496 e. The molecule has 0 aliphatic rings. The summed E-state index contributed by atoms with van der Waals surface area (Å²) in [4.78, 5) is 0.630. The van der Waals surface area contributed by atoms with Crippen LogP contribution >= 0.6 is 28.1 Å². The number of rotatable bonds is 7. The molecule has 3 aromatic rings. The average Bonchev–Trinajstić information content (AvgIpc) is 2.72. The standard InChI is InChI=1S/C22H20BrNO2S/c1-25-20-10-6-5-9-17(20)14-24-22(27)19-13-18(23)11-12-21(19)26-15-16-7-3-2-4-8-16/h2-13H,14-15H2,1H3,(H,24,27). The SMILES string of the molecule is COc1ccccc1CNC(=S)c1cc(Br)ccc1OCc1ccccc1. The summed E-state index contributed by atoms with van der Waals surface area (Å²) < 4.78 is 12.4. The van der Waals surface area contributed by atoms with Crippen molar-refractivity contribution in [3.05, 3.63) is 94.0 Å². The molecule has 3 rings (SSSR count). The molecule has 0 aromatic heterocycles. The molecule has 0 atom stereocenters. The lowest BCUT2D eigenvalue weighted by atomic mass is 10.1. The molecule has 0 heterocycles. The molecule has 0 spiro atoms. The first-order chi connectivity index (χ1) is 13.2. The molecular formula is C22H20BrNO2S. The van der Waals surface area contributed by atoms with Crippen LogP contribution in [-0.4, -0.2) is 12.1 Å². The van der Waals surface area contributed by atoms with E-state index in [0.717, 1.165) is 32.7 Å². The van der Waals surface area contributed by atoms with Crippen LogP contribution < -0.4 is 14.8 Å². The van der Waals surface area contributed by atoms with Crippen molar-refractivity contribution in [2.45, 2.75) is 13.2 Å². The monoisotopic (exact) mass is 441 g/mol. The molecule has 27 heavy (non-hydrogen) atoms. The Morgan fingerprint density at radius 2 is 1.70 bits per heavy atom. The van der Waals surface area contributed by atoms with Crippen molar-refractivity contribution in [2.75, 3.05) is 7.11 Å². The number of hydrogen-bond acceptors (Lipinski definition) is 3. The zero-order valence-corrected chi connectivity index (χ0v) is 17.3. The van der Waals surface area contributed by atoms with Crippen LogP contribution in [0.2, 0.25) is 0 Å². The third kappa shape index (κ3) is 5.31. The van der Waals surface area contributed by atoms with Crippen LogP contribution in [0.5, 0.6) is 11.5 Å². The van der Waals surface area contributed by atoms with Gasteiger partial charge in [-0.15, -0.1) is 0 Å². The summed E-state index contributed by atoms with van der Waals surface area (Å²) in [6, 6.07) is 23.8. The van der Waals surface area contributed by atoms with Crippen molar-refractivity contribution in [3.63, 3.8) is 0 Å². The lowest BCUT2D eigenvalue weighted by Crippen LogP contribution is -2.22. The van der Waals surface area contributed by atoms with E-state index in [9.17, 15) is 0 Å². The number of methoxy groups -OCH3 is 1. The second kappa shape index (κ2) is 9.53. The molecule has 3 nitrogen and oxygen atoms in total. The fourth-order valence-corrected chi connectivity index (χ4v) is 3.25. The number of halogens is 1. The average molecular weight is 442 g/mol. The third-order valence-electron chi connectivity index (χ3n) is 4.06. The van der Waals surface area contributed by atoms with Crippen LogP contribution in [0.4, 0.5) is 0 Å². The van der Waals surface area contributed by atoms with Crippen molar-refractivity contribution in [1.29, 1.82) is 0 Å². The minimum atomic E-state index is 0.491. The lowest BCUT2D eigenvalue weighted by molar-refractivity contribution is 0.305. The topological polar surface area (TPSA) is 30.5 Å². The summed E-state index contributed by atoms with van der Waals surface area (Å²) >= 11 is 9.14. The fraction of sp³-hybridized carbons (Fsp3) is 0.136. The highest BCUT2D eigenvalue weighted by atomic mass is 79.9. The summed E-state index contributed by atoms with van der Waals surface area (Å²) in [6.45, 7) is 1.07. The zero-order chi connectivity index (χ0) is 19.1. The molecule has 5 heteroatoms. The summed E-state index contributed by atoms with van der Waals surface area (Å²) in [6.07, 6.45) is 0. The predicted octanol–water partition coefficient (Wildman–Crippen LogP) is 5.50. The van der Waals surface area contributed by atoms with Gasteiger partial charge in [-0.3, -0.25) is 0 Å². The van der Waals surface area contributed by atoms with Crippen LogP contribution in [0.1, 0.15) is 16.7 Å². The van der Waals surface area contributed by atoms with Crippen LogP contribution in [0, 0.1) is 0 Å². The van der Waals surface area contributed by atoms with Crippen LogP contribution in [-0.2, 0) is 13.2 Å². The number of ether oxygens (including phenoxy) is 2. The number of nitrogens with one attached hydrogen (secondary N) is 1. The Balaban J connectivity index is 1.72. The predicted molar refractivity (Wildman–Crippen MR) is 116 cm³/mol. The van der Waals surface area contributed by atoms with Gasteiger partial charge in [0.05, 0.1) is 12.7 Å². The zero-order valence-electron chi connectivity index (χ0n) is 14.9. The highest BCUT2D eigenvalue weighted by Gasteiger charge is 2.11. The van der Waals surface area contributed by atoms with Crippen LogP contribution in [0.25, 0.3) is 0 Å². The molecule has 0 saturated carbocycles. The molecule has 3 aromatic carbocycles. The molecule has 0 aliphatic carbocycles.